The zero-order valence-electron chi connectivity index (χ0n) is 30.7. The minimum Gasteiger partial charge on any atom is -0.444 e. The molecule has 5 aromatic rings. The SMILES string of the molecule is Cc1cc2[nH]c(C(C)C)nc2cc1-c1ccc(C[C@@H](NC(=O)[C@H]2CC[C@H](CNC(=O)OC(C)(C)C)CC2)C(=O)Nc2ccc3[nH]c(=O)[nH]c3c2)cc1. The first kappa shape index (κ1) is 36.4. The third-order valence-electron chi connectivity index (χ3n) is 9.67. The number of nitrogens with one attached hydrogen (secondary N) is 6. The predicted octanol–water partition coefficient (Wildman–Crippen LogP) is 6.83. The van der Waals surface area contributed by atoms with Crippen LogP contribution in [-0.2, 0) is 20.7 Å². The number of aryl methyl sites for hydroxylation is 1. The summed E-state index contributed by atoms with van der Waals surface area (Å²) in [4.78, 5) is 65.0. The number of nitrogens with zero attached hydrogens (tertiary/aromatic N) is 1. The summed E-state index contributed by atoms with van der Waals surface area (Å²) < 4.78 is 5.35. The van der Waals surface area contributed by atoms with E-state index in [1.807, 2.05) is 45.0 Å². The van der Waals surface area contributed by atoms with Crippen molar-refractivity contribution in [1.82, 2.24) is 30.6 Å². The fourth-order valence-corrected chi connectivity index (χ4v) is 6.83. The number of alkyl carbamates (subject to hydrolysis) is 1. The Labute approximate surface area is 302 Å². The summed E-state index contributed by atoms with van der Waals surface area (Å²) in [5.74, 6) is 0.740. The van der Waals surface area contributed by atoms with Gasteiger partial charge in [-0.05, 0) is 112 Å². The van der Waals surface area contributed by atoms with Crippen LogP contribution in [0.3, 0.4) is 0 Å². The van der Waals surface area contributed by atoms with E-state index in [9.17, 15) is 19.2 Å². The summed E-state index contributed by atoms with van der Waals surface area (Å²) in [7, 11) is 0. The van der Waals surface area contributed by atoms with Crippen LogP contribution in [0.1, 0.15) is 83.2 Å². The number of rotatable bonds is 10. The number of anilines is 1. The lowest BCUT2D eigenvalue weighted by Gasteiger charge is -2.29. The molecule has 3 amide bonds. The van der Waals surface area contributed by atoms with Crippen LogP contribution in [-0.4, -0.2) is 56.0 Å². The van der Waals surface area contributed by atoms with Crippen molar-refractivity contribution in [3.63, 3.8) is 0 Å². The average molecular weight is 708 g/mol. The lowest BCUT2D eigenvalue weighted by molar-refractivity contribution is -0.130. The number of amides is 3. The Morgan fingerprint density at radius 3 is 2.31 bits per heavy atom. The van der Waals surface area contributed by atoms with Crippen LogP contribution in [0.5, 0.6) is 0 Å². The average Bonchev–Trinajstić information content (AvgIpc) is 3.68. The Bertz CT molecular complexity index is 2130. The van der Waals surface area contributed by atoms with E-state index in [2.05, 4.69) is 63.8 Å². The number of carbonyl (C=O) groups excluding carboxylic acids is 3. The Kier molecular flexibility index (Phi) is 10.5. The molecule has 0 bridgehead atoms. The van der Waals surface area contributed by atoms with Crippen molar-refractivity contribution in [2.24, 2.45) is 11.8 Å². The second-order valence-electron chi connectivity index (χ2n) is 15.4. The number of fused-ring (bicyclic) bond motifs is 2. The highest BCUT2D eigenvalue weighted by molar-refractivity contribution is 5.99. The van der Waals surface area contributed by atoms with Crippen LogP contribution < -0.4 is 21.6 Å². The maximum atomic E-state index is 13.8. The van der Waals surface area contributed by atoms with Gasteiger partial charge in [-0.3, -0.25) is 9.59 Å². The molecule has 2 heterocycles. The van der Waals surface area contributed by atoms with Crippen molar-refractivity contribution in [1.29, 1.82) is 0 Å². The smallest absolute Gasteiger partial charge is 0.407 e. The van der Waals surface area contributed by atoms with Crippen molar-refractivity contribution < 1.29 is 19.1 Å². The molecule has 0 aliphatic heterocycles. The molecule has 0 unspecified atom stereocenters. The highest BCUT2D eigenvalue weighted by Crippen LogP contribution is 2.31. The van der Waals surface area contributed by atoms with Crippen LogP contribution in [0, 0.1) is 18.8 Å². The largest absolute Gasteiger partial charge is 0.444 e. The van der Waals surface area contributed by atoms with Gasteiger partial charge >= 0.3 is 11.8 Å². The van der Waals surface area contributed by atoms with Gasteiger partial charge in [-0.15, -0.1) is 0 Å². The number of hydrogen-bond acceptors (Lipinski definition) is 6. The van der Waals surface area contributed by atoms with E-state index in [0.717, 1.165) is 52.0 Å². The van der Waals surface area contributed by atoms with E-state index in [1.54, 1.807) is 18.2 Å². The molecule has 1 aliphatic rings. The van der Waals surface area contributed by atoms with E-state index in [4.69, 9.17) is 9.72 Å². The minimum absolute atomic E-state index is 0.163. The predicted molar refractivity (Wildman–Crippen MR) is 203 cm³/mol. The standard InChI is InChI=1S/C40H49N7O5/c1-22(2)35-43-31-17-23(3)29(20-33(31)44-35)26-11-7-24(8-12-26)18-34(37(49)42-28-15-16-30-32(19-28)47-38(50)46-30)45-36(48)27-13-9-25(10-14-27)21-41-39(51)52-40(4,5)6/h7-8,11-12,15-17,19-20,22,25,27,34H,9-10,13-14,18,21H2,1-6H3,(H,41,51)(H,42,49)(H,43,44)(H,45,48)(H2,46,47,50)/t25-,27-,34-/m1/s1. The van der Waals surface area contributed by atoms with Crippen LogP contribution in [0.15, 0.2) is 59.4 Å². The topological polar surface area (TPSA) is 174 Å². The first-order valence-electron chi connectivity index (χ1n) is 18.1. The van der Waals surface area contributed by atoms with Gasteiger partial charge in [-0.2, -0.15) is 0 Å². The number of ether oxygens (including phenoxy) is 1. The monoisotopic (exact) mass is 707 g/mol. The van der Waals surface area contributed by atoms with Crippen molar-refractivity contribution >= 4 is 45.7 Å². The highest BCUT2D eigenvalue weighted by Gasteiger charge is 2.30. The van der Waals surface area contributed by atoms with E-state index in [0.29, 0.717) is 42.0 Å². The summed E-state index contributed by atoms with van der Waals surface area (Å²) in [5.41, 5.74) is 6.88. The molecule has 1 fully saturated rings. The zero-order chi connectivity index (χ0) is 37.2. The van der Waals surface area contributed by atoms with Crippen molar-refractivity contribution in [2.45, 2.75) is 91.2 Å². The Balaban J connectivity index is 1.15. The third-order valence-corrected chi connectivity index (χ3v) is 9.67. The molecule has 12 heteroatoms. The molecule has 3 aromatic carbocycles. The fraction of sp³-hybridized carbons (Fsp3) is 0.425. The number of aromatic nitrogens is 4. The minimum atomic E-state index is -0.845. The van der Waals surface area contributed by atoms with Gasteiger partial charge in [0.25, 0.3) is 0 Å². The molecule has 274 valence electrons. The van der Waals surface area contributed by atoms with Crippen LogP contribution in [0.4, 0.5) is 10.5 Å². The van der Waals surface area contributed by atoms with Gasteiger partial charge in [0, 0.05) is 30.5 Å². The summed E-state index contributed by atoms with van der Waals surface area (Å²) >= 11 is 0. The number of hydrogen-bond donors (Lipinski definition) is 6. The molecule has 1 aliphatic carbocycles. The fourth-order valence-electron chi connectivity index (χ4n) is 6.83. The van der Waals surface area contributed by atoms with Gasteiger partial charge in [0.2, 0.25) is 11.8 Å². The van der Waals surface area contributed by atoms with Crippen LogP contribution in [0.25, 0.3) is 33.2 Å². The molecule has 0 radical (unpaired) electrons. The highest BCUT2D eigenvalue weighted by atomic mass is 16.6. The van der Waals surface area contributed by atoms with Gasteiger partial charge in [0.1, 0.15) is 17.5 Å². The zero-order valence-corrected chi connectivity index (χ0v) is 30.7. The summed E-state index contributed by atoms with van der Waals surface area (Å²) in [5, 5.41) is 8.85. The van der Waals surface area contributed by atoms with Gasteiger partial charge in [-0.25, -0.2) is 14.6 Å². The number of carbonyl (C=O) groups is 3. The molecule has 1 saturated carbocycles. The number of H-pyrrole nitrogens is 3. The van der Waals surface area contributed by atoms with Gasteiger partial charge in [0.15, 0.2) is 0 Å². The number of imidazole rings is 2. The van der Waals surface area contributed by atoms with Crippen LogP contribution >= 0.6 is 0 Å². The van der Waals surface area contributed by atoms with Gasteiger partial charge in [0.05, 0.1) is 22.1 Å². The molecule has 1 atom stereocenters. The normalized spacial score (nSPS) is 16.9. The molecular formula is C40H49N7O5. The van der Waals surface area contributed by atoms with E-state index in [-0.39, 0.29) is 35.8 Å². The van der Waals surface area contributed by atoms with Crippen molar-refractivity contribution in [3.8, 4) is 11.1 Å². The summed E-state index contributed by atoms with van der Waals surface area (Å²) in [6.07, 6.45) is 2.72. The number of benzene rings is 3. The maximum absolute atomic E-state index is 13.8. The van der Waals surface area contributed by atoms with Crippen molar-refractivity contribution in [3.05, 3.63) is 82.0 Å². The molecule has 12 nitrogen and oxygen atoms in total. The molecule has 52 heavy (non-hydrogen) atoms. The second kappa shape index (κ2) is 15.1. The van der Waals surface area contributed by atoms with E-state index < -0.39 is 17.7 Å². The summed E-state index contributed by atoms with van der Waals surface area (Å²) in [6.45, 7) is 12.3. The number of aromatic amines is 3. The molecular weight excluding hydrogens is 658 g/mol. The van der Waals surface area contributed by atoms with E-state index >= 15 is 0 Å². The van der Waals surface area contributed by atoms with E-state index in [1.165, 1.54) is 0 Å². The summed E-state index contributed by atoms with van der Waals surface area (Å²) in [6, 6.07) is 16.6. The second-order valence-corrected chi connectivity index (χ2v) is 15.4. The maximum Gasteiger partial charge on any atom is 0.407 e. The lowest BCUT2D eigenvalue weighted by atomic mass is 9.81. The third kappa shape index (κ3) is 8.90. The Morgan fingerprint density at radius 1 is 0.904 bits per heavy atom. The van der Waals surface area contributed by atoms with Crippen molar-refractivity contribution in [2.75, 3.05) is 11.9 Å². The first-order valence-corrected chi connectivity index (χ1v) is 18.1. The van der Waals surface area contributed by atoms with Gasteiger partial charge in [-0.1, -0.05) is 38.1 Å². The molecule has 0 spiro atoms. The molecule has 6 rings (SSSR count). The Hall–Kier alpha value is -5.39. The molecule has 2 aromatic heterocycles. The molecule has 6 N–H and O–H groups in total. The van der Waals surface area contributed by atoms with Crippen LogP contribution in [0.2, 0.25) is 0 Å². The Morgan fingerprint density at radius 2 is 1.62 bits per heavy atom. The van der Waals surface area contributed by atoms with Gasteiger partial charge < -0.3 is 35.6 Å². The first-order chi connectivity index (χ1) is 24.7. The quantitative estimate of drug-likeness (QED) is 0.0928. The lowest BCUT2D eigenvalue weighted by Crippen LogP contribution is -2.48. The molecule has 0 saturated heterocycles.